The Bertz CT molecular complexity index is 483. The summed E-state index contributed by atoms with van der Waals surface area (Å²) < 4.78 is 0. The van der Waals surface area contributed by atoms with Crippen LogP contribution in [0, 0.1) is 17.0 Å². The molecule has 0 bridgehead atoms. The van der Waals surface area contributed by atoms with Gasteiger partial charge in [-0.25, -0.2) is 0 Å². The number of nitro benzene ring substituents is 1. The number of non-ortho nitro benzene ring substituents is 1. The zero-order valence-electron chi connectivity index (χ0n) is 10.7. The fourth-order valence-electron chi connectivity index (χ4n) is 1.81. The zero-order valence-corrected chi connectivity index (χ0v) is 10.7. The molecule has 6 nitrogen and oxygen atoms in total. The van der Waals surface area contributed by atoms with Crippen molar-refractivity contribution in [2.24, 2.45) is 5.73 Å². The van der Waals surface area contributed by atoms with Gasteiger partial charge in [0.1, 0.15) is 0 Å². The maximum absolute atomic E-state index is 10.9. The molecule has 3 N–H and O–H groups in total. The van der Waals surface area contributed by atoms with Crippen molar-refractivity contribution >= 4 is 17.3 Å². The molecule has 0 aromatic heterocycles. The lowest BCUT2D eigenvalue weighted by Crippen LogP contribution is -2.36. The van der Waals surface area contributed by atoms with Crippen LogP contribution in [-0.2, 0) is 4.79 Å². The fraction of sp³-hybridized carbons (Fsp3) is 0.417. The van der Waals surface area contributed by atoms with Gasteiger partial charge in [-0.05, 0) is 32.4 Å². The summed E-state index contributed by atoms with van der Waals surface area (Å²) in [5.74, 6) is -0.422. The first kappa shape index (κ1) is 14.0. The van der Waals surface area contributed by atoms with Crippen LogP contribution in [0.3, 0.4) is 0 Å². The number of primary amides is 1. The maximum atomic E-state index is 10.9. The molecule has 0 aliphatic carbocycles. The summed E-state index contributed by atoms with van der Waals surface area (Å²) in [6.07, 6.45) is 0.148. The average molecular weight is 251 g/mol. The molecule has 0 spiro atoms. The highest BCUT2D eigenvalue weighted by atomic mass is 16.6. The van der Waals surface area contributed by atoms with Crippen molar-refractivity contribution in [3.05, 3.63) is 33.9 Å². The molecular weight excluding hydrogens is 234 g/mol. The Morgan fingerprint density at radius 3 is 2.56 bits per heavy atom. The van der Waals surface area contributed by atoms with Gasteiger partial charge in [0.15, 0.2) is 0 Å². The van der Waals surface area contributed by atoms with E-state index in [-0.39, 0.29) is 12.1 Å². The summed E-state index contributed by atoms with van der Waals surface area (Å²) in [6.45, 7) is 5.40. The predicted molar refractivity (Wildman–Crippen MR) is 69.3 cm³/mol. The Labute approximate surface area is 105 Å². The monoisotopic (exact) mass is 251 g/mol. The Kier molecular flexibility index (Phi) is 3.90. The fourth-order valence-corrected chi connectivity index (χ4v) is 1.81. The summed E-state index contributed by atoms with van der Waals surface area (Å²) in [5, 5.41) is 13.8. The van der Waals surface area contributed by atoms with Crippen LogP contribution in [0.15, 0.2) is 18.2 Å². The van der Waals surface area contributed by atoms with Gasteiger partial charge in [-0.3, -0.25) is 14.9 Å². The number of benzene rings is 1. The lowest BCUT2D eigenvalue weighted by molar-refractivity contribution is -0.384. The number of nitrogens with zero attached hydrogens (tertiary/aromatic N) is 1. The van der Waals surface area contributed by atoms with E-state index in [0.29, 0.717) is 5.69 Å². The highest BCUT2D eigenvalue weighted by molar-refractivity contribution is 5.75. The number of amides is 1. The highest BCUT2D eigenvalue weighted by Crippen LogP contribution is 2.24. The van der Waals surface area contributed by atoms with Crippen LogP contribution in [0.1, 0.15) is 25.8 Å². The van der Waals surface area contributed by atoms with E-state index < -0.39 is 16.4 Å². The quantitative estimate of drug-likeness (QED) is 0.617. The number of nitrogens with one attached hydrogen (secondary N) is 1. The van der Waals surface area contributed by atoms with Crippen LogP contribution in [0.2, 0.25) is 0 Å². The standard InChI is InChI=1S/C12H17N3O3/c1-8-4-9(6-10(5-8)15(17)18)14-12(2,3)7-11(13)16/h4-6,14H,7H2,1-3H3,(H2,13,16). The van der Waals surface area contributed by atoms with Crippen LogP contribution in [0.4, 0.5) is 11.4 Å². The van der Waals surface area contributed by atoms with Crippen LogP contribution < -0.4 is 11.1 Å². The van der Waals surface area contributed by atoms with Crippen molar-refractivity contribution in [1.82, 2.24) is 0 Å². The van der Waals surface area contributed by atoms with Gasteiger partial charge in [0.05, 0.1) is 4.92 Å². The summed E-state index contributed by atoms with van der Waals surface area (Å²) in [5.41, 5.74) is 6.01. The second-order valence-electron chi connectivity index (χ2n) is 4.97. The minimum atomic E-state index is -0.548. The molecule has 1 aromatic rings. The minimum absolute atomic E-state index is 0.0207. The second-order valence-corrected chi connectivity index (χ2v) is 4.97. The third kappa shape index (κ3) is 4.04. The number of hydrogen-bond acceptors (Lipinski definition) is 4. The van der Waals surface area contributed by atoms with Crippen molar-refractivity contribution in [3.63, 3.8) is 0 Å². The van der Waals surface area contributed by atoms with Gasteiger partial charge in [-0.2, -0.15) is 0 Å². The first-order valence-corrected chi connectivity index (χ1v) is 5.52. The van der Waals surface area contributed by atoms with Crippen molar-refractivity contribution in [2.45, 2.75) is 32.7 Å². The predicted octanol–water partition coefficient (Wildman–Crippen LogP) is 1.97. The number of nitro groups is 1. The van der Waals surface area contributed by atoms with E-state index in [1.54, 1.807) is 13.0 Å². The molecule has 1 amide bonds. The first-order valence-electron chi connectivity index (χ1n) is 5.52. The van der Waals surface area contributed by atoms with Gasteiger partial charge in [0.2, 0.25) is 5.91 Å². The van der Waals surface area contributed by atoms with E-state index in [4.69, 9.17) is 5.73 Å². The van der Waals surface area contributed by atoms with Gasteiger partial charge in [0, 0.05) is 29.8 Å². The molecule has 0 aliphatic rings. The third-order valence-electron chi connectivity index (χ3n) is 2.37. The van der Waals surface area contributed by atoms with Crippen molar-refractivity contribution in [1.29, 1.82) is 0 Å². The topological polar surface area (TPSA) is 98.3 Å². The molecule has 0 unspecified atom stereocenters. The summed E-state index contributed by atoms with van der Waals surface area (Å²) in [7, 11) is 0. The van der Waals surface area contributed by atoms with Crippen molar-refractivity contribution in [3.8, 4) is 0 Å². The number of rotatable bonds is 5. The highest BCUT2D eigenvalue weighted by Gasteiger charge is 2.21. The molecule has 18 heavy (non-hydrogen) atoms. The summed E-state index contributed by atoms with van der Waals surface area (Å²) in [6, 6.07) is 4.72. The normalized spacial score (nSPS) is 11.1. The Morgan fingerprint density at radius 1 is 1.44 bits per heavy atom. The van der Waals surface area contributed by atoms with Gasteiger partial charge in [-0.1, -0.05) is 0 Å². The zero-order chi connectivity index (χ0) is 13.9. The smallest absolute Gasteiger partial charge is 0.271 e. The molecule has 1 aromatic carbocycles. The molecule has 0 saturated heterocycles. The molecule has 6 heteroatoms. The number of aryl methyl sites for hydroxylation is 1. The van der Waals surface area contributed by atoms with Crippen LogP contribution >= 0.6 is 0 Å². The number of carbonyl (C=O) groups excluding carboxylic acids is 1. The lowest BCUT2D eigenvalue weighted by atomic mass is 9.99. The molecule has 0 aliphatic heterocycles. The Balaban J connectivity index is 2.97. The van der Waals surface area contributed by atoms with Crippen LogP contribution in [-0.4, -0.2) is 16.4 Å². The van der Waals surface area contributed by atoms with Gasteiger partial charge < -0.3 is 11.1 Å². The molecular formula is C12H17N3O3. The van der Waals surface area contributed by atoms with Gasteiger partial charge in [0.25, 0.3) is 5.69 Å². The van der Waals surface area contributed by atoms with E-state index in [0.717, 1.165) is 5.56 Å². The number of hydrogen-bond donors (Lipinski definition) is 2. The van der Waals surface area contributed by atoms with E-state index >= 15 is 0 Å². The van der Waals surface area contributed by atoms with Gasteiger partial charge >= 0.3 is 0 Å². The molecule has 1 rings (SSSR count). The molecule has 0 radical (unpaired) electrons. The lowest BCUT2D eigenvalue weighted by Gasteiger charge is -2.26. The molecule has 0 saturated carbocycles. The number of anilines is 1. The SMILES string of the molecule is Cc1cc(NC(C)(C)CC(N)=O)cc([N+](=O)[O-])c1. The summed E-state index contributed by atoms with van der Waals surface area (Å²) >= 11 is 0. The van der Waals surface area contributed by atoms with Crippen LogP contribution in [0.25, 0.3) is 0 Å². The molecule has 0 heterocycles. The third-order valence-corrected chi connectivity index (χ3v) is 2.37. The largest absolute Gasteiger partial charge is 0.379 e. The number of nitrogens with two attached hydrogens (primary N) is 1. The molecule has 0 atom stereocenters. The van der Waals surface area contributed by atoms with Crippen LogP contribution in [0.5, 0.6) is 0 Å². The molecule has 98 valence electrons. The Hall–Kier alpha value is -2.11. The average Bonchev–Trinajstić information content (AvgIpc) is 2.12. The summed E-state index contributed by atoms with van der Waals surface area (Å²) in [4.78, 5) is 21.2. The van der Waals surface area contributed by atoms with E-state index in [9.17, 15) is 14.9 Å². The maximum Gasteiger partial charge on any atom is 0.271 e. The second kappa shape index (κ2) is 5.03. The minimum Gasteiger partial charge on any atom is -0.379 e. The van der Waals surface area contributed by atoms with E-state index in [2.05, 4.69) is 5.32 Å². The Morgan fingerprint density at radius 2 is 2.06 bits per heavy atom. The van der Waals surface area contributed by atoms with Gasteiger partial charge in [-0.15, -0.1) is 0 Å². The first-order chi connectivity index (χ1) is 8.19. The van der Waals surface area contributed by atoms with Crippen molar-refractivity contribution in [2.75, 3.05) is 5.32 Å². The van der Waals surface area contributed by atoms with Crippen molar-refractivity contribution < 1.29 is 9.72 Å². The molecule has 0 fully saturated rings. The van der Waals surface area contributed by atoms with E-state index in [1.165, 1.54) is 12.1 Å². The number of carbonyl (C=O) groups is 1. The van der Waals surface area contributed by atoms with E-state index in [1.807, 2.05) is 13.8 Å².